The van der Waals surface area contributed by atoms with E-state index in [0.29, 0.717) is 11.5 Å². The minimum Gasteiger partial charge on any atom is -0.446 e. The molecule has 0 fully saturated rings. The third kappa shape index (κ3) is 2.72. The van der Waals surface area contributed by atoms with Crippen molar-refractivity contribution in [2.24, 2.45) is 0 Å². The lowest BCUT2D eigenvalue weighted by molar-refractivity contribution is 0.118. The Morgan fingerprint density at radius 3 is 2.86 bits per heavy atom. The van der Waals surface area contributed by atoms with Gasteiger partial charge in [-0.05, 0) is 25.4 Å². The highest BCUT2D eigenvalue weighted by Gasteiger charge is 2.12. The van der Waals surface area contributed by atoms with Gasteiger partial charge in [-0.3, -0.25) is 5.32 Å². The Hall–Kier alpha value is -1.59. The van der Waals surface area contributed by atoms with E-state index in [1.54, 1.807) is 6.92 Å². The van der Waals surface area contributed by atoms with Crippen LogP contribution < -0.4 is 5.32 Å². The Morgan fingerprint density at radius 1 is 1.64 bits per heavy atom. The molecular weight excluding hydrogens is 186 g/mol. The van der Waals surface area contributed by atoms with Crippen molar-refractivity contribution >= 4 is 11.9 Å². The second-order valence-electron chi connectivity index (χ2n) is 2.95. The summed E-state index contributed by atoms with van der Waals surface area (Å²) in [6.45, 7) is 5.42. The molecule has 1 amide bonds. The van der Waals surface area contributed by atoms with Crippen molar-refractivity contribution in [2.45, 2.75) is 33.3 Å². The lowest BCUT2D eigenvalue weighted by Gasteiger charge is -2.10. The number of nitrogens with one attached hydrogen (secondary N) is 1. The second kappa shape index (κ2) is 4.59. The number of aromatic nitrogens is 2. The van der Waals surface area contributed by atoms with E-state index >= 15 is 0 Å². The highest BCUT2D eigenvalue weighted by molar-refractivity contribution is 5.83. The Bertz CT molecular complexity index is 311. The Labute approximate surface area is 81.6 Å². The molecule has 1 unspecified atom stereocenters. The van der Waals surface area contributed by atoms with Crippen LogP contribution in [0.3, 0.4) is 0 Å². The van der Waals surface area contributed by atoms with Crippen LogP contribution in [0.5, 0.6) is 0 Å². The van der Waals surface area contributed by atoms with Gasteiger partial charge in [0.05, 0.1) is 0 Å². The van der Waals surface area contributed by atoms with Gasteiger partial charge in [-0.25, -0.2) is 9.42 Å². The number of nitrogens with zero attached hydrogens (tertiary/aromatic N) is 2. The minimum absolute atomic E-state index is 0.116. The van der Waals surface area contributed by atoms with Crippen LogP contribution in [0.1, 0.15) is 26.0 Å². The van der Waals surface area contributed by atoms with Crippen LogP contribution in [0.4, 0.5) is 10.6 Å². The van der Waals surface area contributed by atoms with E-state index in [4.69, 9.17) is 4.74 Å². The van der Waals surface area contributed by atoms with E-state index < -0.39 is 6.09 Å². The first-order chi connectivity index (χ1) is 6.63. The summed E-state index contributed by atoms with van der Waals surface area (Å²) in [5, 5.41) is 9.43. The molecule has 0 aliphatic carbocycles. The molecule has 14 heavy (non-hydrogen) atoms. The number of rotatable bonds is 3. The maximum Gasteiger partial charge on any atom is 0.413 e. The SMILES string of the molecule is CCC(C)OC(=O)Nc1nonc1C. The molecule has 1 aromatic heterocycles. The Morgan fingerprint density at radius 2 is 2.36 bits per heavy atom. The second-order valence-corrected chi connectivity index (χ2v) is 2.95. The van der Waals surface area contributed by atoms with Crippen molar-refractivity contribution in [3.63, 3.8) is 0 Å². The number of hydrogen-bond acceptors (Lipinski definition) is 5. The predicted octanol–water partition coefficient (Wildman–Crippen LogP) is 1.73. The summed E-state index contributed by atoms with van der Waals surface area (Å²) in [6.07, 6.45) is 0.108. The highest BCUT2D eigenvalue weighted by atomic mass is 16.6. The topological polar surface area (TPSA) is 77.2 Å². The Balaban J connectivity index is 2.45. The first kappa shape index (κ1) is 10.5. The summed E-state index contributed by atoms with van der Waals surface area (Å²) in [6, 6.07) is 0. The zero-order valence-corrected chi connectivity index (χ0v) is 8.40. The molecule has 0 radical (unpaired) electrons. The molecule has 0 saturated carbocycles. The summed E-state index contributed by atoms with van der Waals surface area (Å²) >= 11 is 0. The lowest BCUT2D eigenvalue weighted by Crippen LogP contribution is -2.20. The number of aryl methyl sites for hydroxylation is 1. The maximum absolute atomic E-state index is 11.2. The lowest BCUT2D eigenvalue weighted by atomic mass is 10.3. The summed E-state index contributed by atoms with van der Waals surface area (Å²) in [7, 11) is 0. The average Bonchev–Trinajstić information content (AvgIpc) is 2.51. The third-order valence-corrected chi connectivity index (χ3v) is 1.76. The molecule has 1 atom stereocenters. The number of anilines is 1. The normalized spacial score (nSPS) is 12.2. The Kier molecular flexibility index (Phi) is 3.44. The molecular formula is C8H13N3O3. The standard InChI is InChI=1S/C8H13N3O3/c1-4-5(2)13-8(12)9-7-6(3)10-14-11-7/h5H,4H2,1-3H3,(H,9,11,12). The number of carbonyl (C=O) groups is 1. The summed E-state index contributed by atoms with van der Waals surface area (Å²) in [5.41, 5.74) is 0.520. The first-order valence-corrected chi connectivity index (χ1v) is 4.40. The first-order valence-electron chi connectivity index (χ1n) is 4.40. The van der Waals surface area contributed by atoms with Gasteiger partial charge in [0, 0.05) is 0 Å². The molecule has 6 heteroatoms. The molecule has 1 rings (SSSR count). The molecule has 1 N–H and O–H groups in total. The van der Waals surface area contributed by atoms with Gasteiger partial charge in [0.15, 0.2) is 0 Å². The fourth-order valence-corrected chi connectivity index (χ4v) is 0.737. The van der Waals surface area contributed by atoms with Gasteiger partial charge in [0.25, 0.3) is 0 Å². The zero-order chi connectivity index (χ0) is 10.6. The predicted molar refractivity (Wildman–Crippen MR) is 48.9 cm³/mol. The highest BCUT2D eigenvalue weighted by Crippen LogP contribution is 2.08. The van der Waals surface area contributed by atoms with Crippen LogP contribution in [0.2, 0.25) is 0 Å². The van der Waals surface area contributed by atoms with Crippen LogP contribution in [0.25, 0.3) is 0 Å². The van der Waals surface area contributed by atoms with Gasteiger partial charge in [0.1, 0.15) is 11.8 Å². The van der Waals surface area contributed by atoms with E-state index in [2.05, 4.69) is 20.3 Å². The molecule has 6 nitrogen and oxygen atoms in total. The van der Waals surface area contributed by atoms with Crippen LogP contribution >= 0.6 is 0 Å². The summed E-state index contributed by atoms with van der Waals surface area (Å²) in [4.78, 5) is 11.2. The van der Waals surface area contributed by atoms with Crippen LogP contribution in [-0.2, 0) is 4.74 Å². The fraction of sp³-hybridized carbons (Fsp3) is 0.625. The quantitative estimate of drug-likeness (QED) is 0.802. The monoisotopic (exact) mass is 199 g/mol. The molecule has 0 saturated heterocycles. The molecule has 0 aliphatic rings. The van der Waals surface area contributed by atoms with Crippen molar-refractivity contribution in [2.75, 3.05) is 5.32 Å². The molecule has 0 aliphatic heterocycles. The van der Waals surface area contributed by atoms with Crippen LogP contribution in [0.15, 0.2) is 4.63 Å². The van der Waals surface area contributed by atoms with Crippen LogP contribution in [-0.4, -0.2) is 22.5 Å². The van der Waals surface area contributed by atoms with E-state index in [9.17, 15) is 4.79 Å². The zero-order valence-electron chi connectivity index (χ0n) is 8.40. The van der Waals surface area contributed by atoms with Crippen molar-refractivity contribution < 1.29 is 14.2 Å². The number of hydrogen-bond donors (Lipinski definition) is 1. The maximum atomic E-state index is 11.2. The summed E-state index contributed by atoms with van der Waals surface area (Å²) in [5.74, 6) is 0.290. The molecule has 0 spiro atoms. The van der Waals surface area contributed by atoms with Gasteiger partial charge in [-0.2, -0.15) is 0 Å². The van der Waals surface area contributed by atoms with Gasteiger partial charge in [-0.1, -0.05) is 12.1 Å². The van der Waals surface area contributed by atoms with E-state index in [1.165, 1.54) is 0 Å². The molecule has 78 valence electrons. The number of ether oxygens (including phenoxy) is 1. The van der Waals surface area contributed by atoms with E-state index in [0.717, 1.165) is 6.42 Å². The number of carbonyl (C=O) groups excluding carboxylic acids is 1. The smallest absolute Gasteiger partial charge is 0.413 e. The molecule has 1 heterocycles. The summed E-state index contributed by atoms with van der Waals surface area (Å²) < 4.78 is 9.38. The molecule has 1 aromatic rings. The van der Waals surface area contributed by atoms with Gasteiger partial charge in [0.2, 0.25) is 5.82 Å². The van der Waals surface area contributed by atoms with Crippen molar-refractivity contribution in [1.29, 1.82) is 0 Å². The minimum atomic E-state index is -0.543. The van der Waals surface area contributed by atoms with E-state index in [1.807, 2.05) is 13.8 Å². The third-order valence-electron chi connectivity index (χ3n) is 1.76. The average molecular weight is 199 g/mol. The van der Waals surface area contributed by atoms with Gasteiger partial charge >= 0.3 is 6.09 Å². The van der Waals surface area contributed by atoms with Crippen molar-refractivity contribution in [3.05, 3.63) is 5.69 Å². The van der Waals surface area contributed by atoms with Gasteiger partial charge in [-0.15, -0.1) is 0 Å². The van der Waals surface area contributed by atoms with Crippen LogP contribution in [0, 0.1) is 6.92 Å². The van der Waals surface area contributed by atoms with Gasteiger partial charge < -0.3 is 4.74 Å². The molecule has 0 aromatic carbocycles. The molecule has 0 bridgehead atoms. The van der Waals surface area contributed by atoms with Crippen molar-refractivity contribution in [1.82, 2.24) is 10.3 Å². The van der Waals surface area contributed by atoms with E-state index in [-0.39, 0.29) is 6.10 Å². The number of amides is 1. The largest absolute Gasteiger partial charge is 0.446 e. The van der Waals surface area contributed by atoms with Crippen molar-refractivity contribution in [3.8, 4) is 0 Å². The fourth-order valence-electron chi connectivity index (χ4n) is 0.737.